The van der Waals surface area contributed by atoms with Crippen LogP contribution < -0.4 is 0 Å². The fourth-order valence-electron chi connectivity index (χ4n) is 2.29. The minimum atomic E-state index is -0.953. The SMILES string of the molecule is O=CCC(C(=O)O)c1ccc(-c2csc3ccccc23)s1. The fraction of sp³-hybridized carbons (Fsp3) is 0.125. The van der Waals surface area contributed by atoms with E-state index in [1.165, 1.54) is 21.4 Å². The van der Waals surface area contributed by atoms with Crippen LogP contribution >= 0.6 is 22.7 Å². The highest BCUT2D eigenvalue weighted by atomic mass is 32.1. The number of hydrogen-bond donors (Lipinski definition) is 1. The molecule has 1 unspecified atom stereocenters. The van der Waals surface area contributed by atoms with Gasteiger partial charge in [-0.1, -0.05) is 18.2 Å². The van der Waals surface area contributed by atoms with Crippen molar-refractivity contribution in [1.29, 1.82) is 0 Å². The van der Waals surface area contributed by atoms with Crippen molar-refractivity contribution in [2.75, 3.05) is 0 Å². The van der Waals surface area contributed by atoms with Gasteiger partial charge >= 0.3 is 5.97 Å². The fourth-order valence-corrected chi connectivity index (χ4v) is 4.47. The first kappa shape index (κ1) is 14.0. The first-order valence-electron chi connectivity index (χ1n) is 6.43. The van der Waals surface area contributed by atoms with Gasteiger partial charge in [0.25, 0.3) is 0 Å². The molecule has 2 aromatic heterocycles. The molecule has 0 aliphatic carbocycles. The molecule has 106 valence electrons. The number of rotatable bonds is 5. The molecule has 0 fully saturated rings. The van der Waals surface area contributed by atoms with E-state index in [0.717, 1.165) is 15.3 Å². The van der Waals surface area contributed by atoms with Gasteiger partial charge in [0.1, 0.15) is 6.29 Å². The summed E-state index contributed by atoms with van der Waals surface area (Å²) in [6.45, 7) is 0. The Morgan fingerprint density at radius 3 is 2.81 bits per heavy atom. The number of carboxylic acid groups (broad SMARTS) is 1. The van der Waals surface area contributed by atoms with Gasteiger partial charge in [-0.05, 0) is 18.2 Å². The van der Waals surface area contributed by atoms with Gasteiger partial charge in [0, 0.05) is 37.2 Å². The van der Waals surface area contributed by atoms with Crippen molar-refractivity contribution < 1.29 is 14.7 Å². The predicted octanol–water partition coefficient (Wildman–Crippen LogP) is 4.39. The Balaban J connectivity index is 2.01. The second-order valence-electron chi connectivity index (χ2n) is 4.64. The summed E-state index contributed by atoms with van der Waals surface area (Å²) < 4.78 is 1.21. The summed E-state index contributed by atoms with van der Waals surface area (Å²) in [5.41, 5.74) is 1.13. The van der Waals surface area contributed by atoms with Crippen molar-refractivity contribution in [3.63, 3.8) is 0 Å². The van der Waals surface area contributed by atoms with Crippen molar-refractivity contribution in [3.8, 4) is 10.4 Å². The number of benzene rings is 1. The van der Waals surface area contributed by atoms with Crippen LogP contribution in [0.4, 0.5) is 0 Å². The predicted molar refractivity (Wildman–Crippen MR) is 86.2 cm³/mol. The third kappa shape index (κ3) is 2.62. The molecule has 0 amide bonds. The van der Waals surface area contributed by atoms with Gasteiger partial charge in [0.15, 0.2) is 0 Å². The Morgan fingerprint density at radius 1 is 1.24 bits per heavy atom. The Hall–Kier alpha value is -1.98. The normalized spacial score (nSPS) is 12.4. The number of carboxylic acids is 1. The Bertz CT molecular complexity index is 801. The molecular weight excluding hydrogens is 304 g/mol. The molecule has 3 aromatic rings. The molecule has 0 bridgehead atoms. The Morgan fingerprint density at radius 2 is 2.05 bits per heavy atom. The van der Waals surface area contributed by atoms with E-state index < -0.39 is 11.9 Å². The summed E-state index contributed by atoms with van der Waals surface area (Å²) in [5.74, 6) is -1.70. The van der Waals surface area contributed by atoms with Crippen LogP contribution in [0.15, 0.2) is 41.8 Å². The number of carbonyl (C=O) groups is 2. The maximum atomic E-state index is 11.2. The average molecular weight is 316 g/mol. The van der Waals surface area contributed by atoms with Crippen LogP contribution in [0.25, 0.3) is 20.5 Å². The van der Waals surface area contributed by atoms with Crippen molar-refractivity contribution in [1.82, 2.24) is 0 Å². The maximum absolute atomic E-state index is 11.2. The van der Waals surface area contributed by atoms with E-state index in [4.69, 9.17) is 0 Å². The minimum Gasteiger partial charge on any atom is -0.481 e. The Kier molecular flexibility index (Phi) is 3.86. The van der Waals surface area contributed by atoms with Crippen LogP contribution in [-0.2, 0) is 9.59 Å². The molecule has 3 nitrogen and oxygen atoms in total. The molecule has 0 radical (unpaired) electrons. The van der Waals surface area contributed by atoms with Gasteiger partial charge in [-0.2, -0.15) is 0 Å². The van der Waals surface area contributed by atoms with Crippen LogP contribution in [0.1, 0.15) is 17.2 Å². The van der Waals surface area contributed by atoms with E-state index in [0.29, 0.717) is 6.29 Å². The third-order valence-electron chi connectivity index (χ3n) is 3.35. The van der Waals surface area contributed by atoms with E-state index >= 15 is 0 Å². The van der Waals surface area contributed by atoms with Gasteiger partial charge in [-0.3, -0.25) is 4.79 Å². The molecule has 0 saturated carbocycles. The second kappa shape index (κ2) is 5.79. The number of fused-ring (bicyclic) bond motifs is 1. The van der Waals surface area contributed by atoms with Gasteiger partial charge in [0.05, 0.1) is 5.92 Å². The lowest BCUT2D eigenvalue weighted by Crippen LogP contribution is -2.10. The standard InChI is InChI=1S/C16H12O3S2/c17-8-7-11(16(18)19)14-5-6-15(21-14)12-9-20-13-4-2-1-3-10(12)13/h1-6,8-9,11H,7H2,(H,18,19). The monoisotopic (exact) mass is 316 g/mol. The average Bonchev–Trinajstić information content (AvgIpc) is 3.10. The van der Waals surface area contributed by atoms with Crippen molar-refractivity contribution >= 4 is 45.0 Å². The highest BCUT2D eigenvalue weighted by Gasteiger charge is 2.22. The number of carbonyl (C=O) groups excluding carboxylic acids is 1. The first-order valence-corrected chi connectivity index (χ1v) is 8.13. The van der Waals surface area contributed by atoms with E-state index in [9.17, 15) is 14.7 Å². The number of aldehydes is 1. The Labute approximate surface area is 129 Å². The topological polar surface area (TPSA) is 54.4 Å². The number of aliphatic carboxylic acids is 1. The summed E-state index contributed by atoms with van der Waals surface area (Å²) >= 11 is 3.13. The van der Waals surface area contributed by atoms with Crippen molar-refractivity contribution in [2.24, 2.45) is 0 Å². The molecule has 0 spiro atoms. The van der Waals surface area contributed by atoms with Crippen LogP contribution in [0.2, 0.25) is 0 Å². The molecule has 5 heteroatoms. The zero-order chi connectivity index (χ0) is 14.8. The molecule has 1 atom stereocenters. The van der Waals surface area contributed by atoms with Crippen LogP contribution in [0, 0.1) is 0 Å². The van der Waals surface area contributed by atoms with E-state index in [2.05, 4.69) is 17.5 Å². The van der Waals surface area contributed by atoms with E-state index in [-0.39, 0.29) is 6.42 Å². The lowest BCUT2D eigenvalue weighted by atomic mass is 10.1. The molecule has 0 saturated heterocycles. The van der Waals surface area contributed by atoms with Gasteiger partial charge < -0.3 is 9.90 Å². The number of thiophene rings is 2. The smallest absolute Gasteiger partial charge is 0.312 e. The second-order valence-corrected chi connectivity index (χ2v) is 6.67. The molecule has 2 heterocycles. The summed E-state index contributed by atoms with van der Waals surface area (Å²) in [6.07, 6.45) is 0.678. The van der Waals surface area contributed by atoms with Crippen LogP contribution in [0.5, 0.6) is 0 Å². The highest BCUT2D eigenvalue weighted by Crippen LogP contribution is 2.39. The van der Waals surface area contributed by atoms with Gasteiger partial charge in [-0.25, -0.2) is 0 Å². The highest BCUT2D eigenvalue weighted by molar-refractivity contribution is 7.19. The molecule has 0 aliphatic rings. The maximum Gasteiger partial charge on any atom is 0.312 e. The summed E-state index contributed by atoms with van der Waals surface area (Å²) in [7, 11) is 0. The van der Waals surface area contributed by atoms with E-state index in [1.807, 2.05) is 24.3 Å². The lowest BCUT2D eigenvalue weighted by molar-refractivity contribution is -0.139. The lowest BCUT2D eigenvalue weighted by Gasteiger charge is -2.05. The zero-order valence-corrected chi connectivity index (χ0v) is 12.6. The van der Waals surface area contributed by atoms with Gasteiger partial charge in [0.2, 0.25) is 0 Å². The molecule has 3 rings (SSSR count). The van der Waals surface area contributed by atoms with Crippen LogP contribution in [-0.4, -0.2) is 17.4 Å². The molecular formula is C16H12O3S2. The summed E-state index contributed by atoms with van der Waals surface area (Å²) in [5, 5.41) is 12.5. The van der Waals surface area contributed by atoms with E-state index in [1.54, 1.807) is 11.3 Å². The quantitative estimate of drug-likeness (QED) is 0.710. The third-order valence-corrected chi connectivity index (χ3v) is 5.54. The van der Waals surface area contributed by atoms with Crippen molar-refractivity contribution in [3.05, 3.63) is 46.7 Å². The number of hydrogen-bond acceptors (Lipinski definition) is 4. The zero-order valence-electron chi connectivity index (χ0n) is 11.0. The molecule has 21 heavy (non-hydrogen) atoms. The molecule has 0 aliphatic heterocycles. The molecule has 1 aromatic carbocycles. The summed E-state index contributed by atoms with van der Waals surface area (Å²) in [4.78, 5) is 23.7. The minimum absolute atomic E-state index is 0.0136. The first-order chi connectivity index (χ1) is 10.2. The largest absolute Gasteiger partial charge is 0.481 e. The summed E-state index contributed by atoms with van der Waals surface area (Å²) in [6, 6.07) is 11.9. The van der Waals surface area contributed by atoms with Crippen LogP contribution in [0.3, 0.4) is 0 Å². The van der Waals surface area contributed by atoms with Crippen molar-refractivity contribution in [2.45, 2.75) is 12.3 Å². The van der Waals surface area contributed by atoms with Gasteiger partial charge in [-0.15, -0.1) is 22.7 Å². The molecule has 1 N–H and O–H groups in total.